The second-order valence-corrected chi connectivity index (χ2v) is 9.54. The van der Waals surface area contributed by atoms with E-state index in [4.69, 9.17) is 4.43 Å². The second-order valence-electron chi connectivity index (χ2n) is 5.73. The lowest BCUT2D eigenvalue weighted by atomic mass is 10.4. The van der Waals surface area contributed by atoms with Gasteiger partial charge in [0.15, 0.2) is 0 Å². The predicted octanol–water partition coefficient (Wildman–Crippen LogP) is 4.86. The number of benzene rings is 1. The lowest BCUT2D eigenvalue weighted by molar-refractivity contribution is 0.230. The fourth-order valence-corrected chi connectivity index (χ4v) is 7.47. The van der Waals surface area contributed by atoms with Crippen LogP contribution in [-0.2, 0) is 4.43 Å². The Balaban J connectivity index is 3.01. The van der Waals surface area contributed by atoms with Crippen molar-refractivity contribution in [3.63, 3.8) is 0 Å². The van der Waals surface area contributed by atoms with Gasteiger partial charge in [-0.25, -0.2) is 0 Å². The molecule has 1 aromatic rings. The van der Waals surface area contributed by atoms with Crippen molar-refractivity contribution in [3.05, 3.63) is 30.3 Å². The molecule has 0 aliphatic heterocycles. The SMILES string of the molecule is CCCC[Si](CCCC)(OC(C)C)c1ccccc1. The Bertz CT molecular complexity index is 326. The minimum atomic E-state index is -1.78. The van der Waals surface area contributed by atoms with Crippen LogP contribution in [0.4, 0.5) is 0 Å². The van der Waals surface area contributed by atoms with E-state index < -0.39 is 8.32 Å². The van der Waals surface area contributed by atoms with Gasteiger partial charge in [0, 0.05) is 6.10 Å². The molecule has 108 valence electrons. The predicted molar refractivity (Wildman–Crippen MR) is 87.5 cm³/mol. The van der Waals surface area contributed by atoms with E-state index in [2.05, 4.69) is 58.0 Å². The van der Waals surface area contributed by atoms with Gasteiger partial charge in [0.05, 0.1) is 0 Å². The first-order chi connectivity index (χ1) is 9.14. The van der Waals surface area contributed by atoms with Crippen molar-refractivity contribution in [2.45, 2.75) is 71.6 Å². The van der Waals surface area contributed by atoms with Crippen LogP contribution in [0.1, 0.15) is 53.4 Å². The third-order valence-electron chi connectivity index (χ3n) is 3.63. The molecule has 1 rings (SSSR count). The number of hydrogen-bond donors (Lipinski definition) is 0. The summed E-state index contributed by atoms with van der Waals surface area (Å²) in [5.41, 5.74) is 0. The Labute approximate surface area is 120 Å². The summed E-state index contributed by atoms with van der Waals surface area (Å²) in [5, 5.41) is 1.49. The van der Waals surface area contributed by atoms with Gasteiger partial charge in [-0.05, 0) is 31.1 Å². The van der Waals surface area contributed by atoms with E-state index in [9.17, 15) is 0 Å². The van der Waals surface area contributed by atoms with E-state index in [-0.39, 0.29) is 0 Å². The summed E-state index contributed by atoms with van der Waals surface area (Å²) >= 11 is 0. The molecule has 0 radical (unpaired) electrons. The third kappa shape index (κ3) is 5.11. The molecular weight excluding hydrogens is 248 g/mol. The van der Waals surface area contributed by atoms with E-state index in [1.807, 2.05) is 0 Å². The zero-order valence-corrected chi connectivity index (χ0v) is 14.1. The molecule has 0 saturated heterocycles. The maximum absolute atomic E-state index is 6.57. The summed E-state index contributed by atoms with van der Waals surface area (Å²) in [5.74, 6) is 0. The van der Waals surface area contributed by atoms with Crippen LogP contribution >= 0.6 is 0 Å². The van der Waals surface area contributed by atoms with Gasteiger partial charge in [-0.1, -0.05) is 69.9 Å². The van der Waals surface area contributed by atoms with Crippen molar-refractivity contribution < 1.29 is 4.43 Å². The van der Waals surface area contributed by atoms with Gasteiger partial charge in [0.2, 0.25) is 8.32 Å². The van der Waals surface area contributed by atoms with Crippen LogP contribution in [0.3, 0.4) is 0 Å². The minimum absolute atomic E-state index is 0.334. The van der Waals surface area contributed by atoms with Crippen LogP contribution < -0.4 is 5.19 Å². The number of hydrogen-bond acceptors (Lipinski definition) is 1. The molecule has 19 heavy (non-hydrogen) atoms. The standard InChI is InChI=1S/C17H30OSi/c1-5-7-14-19(15-8-6-2,18-16(3)4)17-12-10-9-11-13-17/h9-13,16H,5-8,14-15H2,1-4H3. The van der Waals surface area contributed by atoms with Crippen LogP contribution in [0, 0.1) is 0 Å². The maximum atomic E-state index is 6.57. The Morgan fingerprint density at radius 2 is 1.47 bits per heavy atom. The molecule has 0 bridgehead atoms. The van der Waals surface area contributed by atoms with Crippen LogP contribution in [0.2, 0.25) is 12.1 Å². The molecule has 1 nitrogen and oxygen atoms in total. The van der Waals surface area contributed by atoms with Gasteiger partial charge >= 0.3 is 0 Å². The zero-order chi connectivity index (χ0) is 14.1. The highest BCUT2D eigenvalue weighted by molar-refractivity contribution is 6.86. The van der Waals surface area contributed by atoms with Crippen LogP contribution in [0.5, 0.6) is 0 Å². The van der Waals surface area contributed by atoms with Crippen LogP contribution in [0.15, 0.2) is 30.3 Å². The van der Waals surface area contributed by atoms with Gasteiger partial charge in [-0.3, -0.25) is 0 Å². The molecule has 0 fully saturated rings. The summed E-state index contributed by atoms with van der Waals surface area (Å²) < 4.78 is 6.57. The highest BCUT2D eigenvalue weighted by Crippen LogP contribution is 2.25. The van der Waals surface area contributed by atoms with E-state index in [1.165, 1.54) is 43.0 Å². The highest BCUT2D eigenvalue weighted by Gasteiger charge is 2.36. The largest absolute Gasteiger partial charge is 0.410 e. The van der Waals surface area contributed by atoms with E-state index in [0.29, 0.717) is 6.10 Å². The molecule has 2 heteroatoms. The Morgan fingerprint density at radius 1 is 0.947 bits per heavy atom. The van der Waals surface area contributed by atoms with Gasteiger partial charge in [-0.2, -0.15) is 0 Å². The normalized spacial score (nSPS) is 12.1. The van der Waals surface area contributed by atoms with Crippen LogP contribution in [-0.4, -0.2) is 14.4 Å². The quantitative estimate of drug-likeness (QED) is 0.586. The number of rotatable bonds is 9. The first kappa shape index (κ1) is 16.5. The van der Waals surface area contributed by atoms with Gasteiger partial charge in [-0.15, -0.1) is 0 Å². The van der Waals surface area contributed by atoms with Gasteiger partial charge in [0.25, 0.3) is 0 Å². The van der Waals surface area contributed by atoms with Crippen molar-refractivity contribution in [1.82, 2.24) is 0 Å². The molecule has 1 aromatic carbocycles. The Kier molecular flexibility index (Phi) is 7.40. The molecule has 0 aliphatic carbocycles. The molecule has 0 amide bonds. The molecule has 0 aromatic heterocycles. The monoisotopic (exact) mass is 278 g/mol. The average molecular weight is 279 g/mol. The second kappa shape index (κ2) is 8.54. The zero-order valence-electron chi connectivity index (χ0n) is 13.1. The van der Waals surface area contributed by atoms with Crippen molar-refractivity contribution in [3.8, 4) is 0 Å². The summed E-state index contributed by atoms with van der Waals surface area (Å²) in [6.07, 6.45) is 5.43. The highest BCUT2D eigenvalue weighted by atomic mass is 28.4. The maximum Gasteiger partial charge on any atom is 0.224 e. The molecule has 0 atom stereocenters. The Hall–Kier alpha value is -0.603. The molecule has 0 spiro atoms. The Morgan fingerprint density at radius 3 is 1.89 bits per heavy atom. The first-order valence-electron chi connectivity index (χ1n) is 7.88. The molecule has 0 unspecified atom stereocenters. The van der Waals surface area contributed by atoms with Crippen molar-refractivity contribution in [1.29, 1.82) is 0 Å². The molecular formula is C17H30OSi. The number of unbranched alkanes of at least 4 members (excludes halogenated alkanes) is 2. The average Bonchev–Trinajstić information content (AvgIpc) is 2.42. The lowest BCUT2D eigenvalue weighted by Crippen LogP contribution is -2.52. The topological polar surface area (TPSA) is 9.23 Å². The van der Waals surface area contributed by atoms with Gasteiger partial charge < -0.3 is 4.43 Å². The summed E-state index contributed by atoms with van der Waals surface area (Å²) in [6, 6.07) is 13.6. The third-order valence-corrected chi connectivity index (χ3v) is 8.26. The summed E-state index contributed by atoms with van der Waals surface area (Å²) in [6.45, 7) is 8.92. The van der Waals surface area contributed by atoms with E-state index in [1.54, 1.807) is 0 Å². The van der Waals surface area contributed by atoms with Gasteiger partial charge in [0.1, 0.15) is 0 Å². The smallest absolute Gasteiger partial charge is 0.224 e. The molecule has 0 heterocycles. The van der Waals surface area contributed by atoms with Crippen LogP contribution in [0.25, 0.3) is 0 Å². The molecule has 0 N–H and O–H groups in total. The molecule has 0 saturated carbocycles. The molecule has 0 aliphatic rings. The van der Waals surface area contributed by atoms with E-state index in [0.717, 1.165) is 0 Å². The van der Waals surface area contributed by atoms with Crippen molar-refractivity contribution in [2.24, 2.45) is 0 Å². The summed E-state index contributed by atoms with van der Waals surface area (Å²) in [4.78, 5) is 0. The van der Waals surface area contributed by atoms with Crippen molar-refractivity contribution in [2.75, 3.05) is 0 Å². The van der Waals surface area contributed by atoms with E-state index >= 15 is 0 Å². The first-order valence-corrected chi connectivity index (χ1v) is 10.2. The fraction of sp³-hybridized carbons (Fsp3) is 0.647. The summed E-state index contributed by atoms with van der Waals surface area (Å²) in [7, 11) is -1.78. The van der Waals surface area contributed by atoms with Crippen molar-refractivity contribution >= 4 is 13.5 Å². The fourth-order valence-electron chi connectivity index (χ4n) is 2.72. The minimum Gasteiger partial charge on any atom is -0.410 e. The lowest BCUT2D eigenvalue weighted by Gasteiger charge is -2.34.